The van der Waals surface area contributed by atoms with Crippen LogP contribution in [0.5, 0.6) is 0 Å². The van der Waals surface area contributed by atoms with E-state index in [0.717, 1.165) is 0 Å². The molecule has 0 saturated heterocycles. The van der Waals surface area contributed by atoms with Crippen molar-refractivity contribution in [3.8, 4) is 44.5 Å². The van der Waals surface area contributed by atoms with E-state index in [9.17, 15) is 34.1 Å². The van der Waals surface area contributed by atoms with Crippen molar-refractivity contribution < 1.29 is 28.1 Å². The number of hydrogen-bond donors (Lipinski definition) is 0. The fraction of sp³-hybridized carbons (Fsp3) is 0.153. The zero-order valence-electron chi connectivity index (χ0n) is 53.8. The van der Waals surface area contributed by atoms with Gasteiger partial charge in [-0.25, -0.2) is 0 Å². The first kappa shape index (κ1) is 61.8. The van der Waals surface area contributed by atoms with Gasteiger partial charge in [-0.1, -0.05) is 0 Å². The van der Waals surface area contributed by atoms with E-state index in [1.807, 2.05) is 0 Å². The molecule has 4 aliphatic carbocycles. The quantitative estimate of drug-likeness (QED) is 0.0952. The summed E-state index contributed by atoms with van der Waals surface area (Å²) >= 11 is -12.7. The van der Waals surface area contributed by atoms with E-state index in [0.29, 0.717) is 14.7 Å². The van der Waals surface area contributed by atoms with E-state index in [2.05, 4.69) is 308 Å². The molecular weight excluding hydrogens is 1400 g/mol. The van der Waals surface area contributed by atoms with Crippen LogP contribution in [0.2, 0.25) is 21.4 Å². The Kier molecular flexibility index (Phi) is 14.5. The monoisotopic (exact) mass is 1470 g/mol. The Morgan fingerprint density at radius 3 is 0.710 bits per heavy atom. The molecule has 12 aromatic carbocycles. The molecule has 4 unspecified atom stereocenters. The minimum absolute atomic E-state index is 0.189. The molecule has 12 aromatic rings. The molecule has 0 aromatic heterocycles. The van der Waals surface area contributed by atoms with Crippen molar-refractivity contribution in [3.63, 3.8) is 0 Å². The first-order valence-corrected chi connectivity index (χ1v) is 70.1. The maximum absolute atomic E-state index is 10.0. The van der Waals surface area contributed by atoms with Crippen LogP contribution in [-0.2, 0) is 28.1 Å². The number of rotatable bonds is 14. The van der Waals surface area contributed by atoms with Crippen molar-refractivity contribution in [3.05, 3.63) is 309 Å². The molecule has 16 rings (SSSR count). The second-order valence-electron chi connectivity index (χ2n) is 28.7. The Labute approximate surface area is 560 Å². The summed E-state index contributed by atoms with van der Waals surface area (Å²) in [5, 5.41) is 9.86. The fourth-order valence-electron chi connectivity index (χ4n) is 20.3. The predicted octanol–water partition coefficient (Wildman–Crippen LogP) is 25.5. The van der Waals surface area contributed by atoms with Gasteiger partial charge in [0.2, 0.25) is 0 Å². The van der Waals surface area contributed by atoms with Crippen LogP contribution < -0.4 is 0 Å². The van der Waals surface area contributed by atoms with Crippen molar-refractivity contribution in [2.45, 2.75) is 70.0 Å². The molecule has 0 N–H and O–H groups in total. The fourth-order valence-corrected chi connectivity index (χ4v) is 109. The van der Waals surface area contributed by atoms with Gasteiger partial charge in [-0.15, -0.1) is 0 Å². The van der Waals surface area contributed by atoms with Crippen molar-refractivity contribution in [1.29, 1.82) is 0 Å². The van der Waals surface area contributed by atoms with Crippen LogP contribution in [0, 0.1) is 0 Å². The van der Waals surface area contributed by atoms with Crippen molar-refractivity contribution in [1.82, 2.24) is 0 Å². The van der Waals surface area contributed by atoms with Gasteiger partial charge in [0.15, 0.2) is 0 Å². The Morgan fingerprint density at radius 2 is 0.473 bits per heavy atom. The zero-order chi connectivity index (χ0) is 63.9. The average Bonchev–Trinajstić information content (AvgIpc) is 1.63. The first-order valence-electron chi connectivity index (χ1n) is 33.6. The SMILES string of the molecule is C[SiH2][Zr]([Cl])([Cl])([CH2]C[CH2][Zr]([Cl])([Cl])([SiH2]C)([CH]1C(C)=Cc2c(-c3cccc4ccccc34)cccc21)[CH]1C(C)=Cc2c(-c3cccc4ccccc34)cccc21)([CH]1C(C)=Cc2c(-c3cccc4ccccc34)cccc21)[CH]1C(C)=Cc2c(-c3cccc4ccccc34)cccc21. The zero-order valence-corrected chi connectivity index (χ0v) is 64.5. The van der Waals surface area contributed by atoms with Gasteiger partial charge in [0.05, 0.1) is 0 Å². The Bertz CT molecular complexity index is 4710. The van der Waals surface area contributed by atoms with E-state index in [4.69, 9.17) is 0 Å². The Hall–Kier alpha value is -6.00. The van der Waals surface area contributed by atoms with E-state index in [1.54, 1.807) is 0 Å². The summed E-state index contributed by atoms with van der Waals surface area (Å²) in [6.07, 6.45) is 10.7. The molecular formula is C85H76Cl4Si2Zr2. The van der Waals surface area contributed by atoms with E-state index in [1.165, 1.54) is 154 Å². The van der Waals surface area contributed by atoms with Gasteiger partial charge >= 0.3 is 567 Å². The van der Waals surface area contributed by atoms with Crippen molar-refractivity contribution in [2.75, 3.05) is 0 Å². The maximum atomic E-state index is 10.0. The van der Waals surface area contributed by atoms with Crippen LogP contribution in [0.3, 0.4) is 0 Å². The van der Waals surface area contributed by atoms with Crippen LogP contribution in [0.25, 0.3) is 112 Å². The van der Waals surface area contributed by atoms with Gasteiger partial charge in [0, 0.05) is 0 Å². The summed E-state index contributed by atoms with van der Waals surface area (Å²) < 4.78 is 0.590. The molecule has 0 amide bonds. The Morgan fingerprint density at radius 1 is 0.269 bits per heavy atom. The third-order valence-corrected chi connectivity index (χ3v) is 134. The molecule has 8 heteroatoms. The van der Waals surface area contributed by atoms with Crippen LogP contribution in [-0.4, -0.2) is 13.3 Å². The number of hydrogen-bond acceptors (Lipinski definition) is 0. The van der Waals surface area contributed by atoms with Gasteiger partial charge < -0.3 is 0 Å². The number of halogens is 4. The number of allylic oxidation sites excluding steroid dienone is 4. The molecule has 4 aliphatic rings. The normalized spacial score (nSPS) is 19.3. The average molecular weight is 1480 g/mol. The molecule has 0 spiro atoms. The Balaban J connectivity index is 0.926. The molecule has 0 nitrogen and oxygen atoms in total. The molecule has 4 atom stereocenters. The third kappa shape index (κ3) is 8.98. The molecule has 93 heavy (non-hydrogen) atoms. The molecule has 0 bridgehead atoms. The molecule has 0 aliphatic heterocycles. The molecule has 0 fully saturated rings. The van der Waals surface area contributed by atoms with Crippen LogP contribution >= 0.6 is 34.1 Å². The van der Waals surface area contributed by atoms with E-state index >= 15 is 0 Å². The van der Waals surface area contributed by atoms with E-state index < -0.39 is 41.4 Å². The predicted molar refractivity (Wildman–Crippen MR) is 410 cm³/mol. The first-order chi connectivity index (χ1) is 44.9. The van der Waals surface area contributed by atoms with E-state index in [-0.39, 0.29) is 14.5 Å². The van der Waals surface area contributed by atoms with Gasteiger partial charge in [0.25, 0.3) is 0 Å². The van der Waals surface area contributed by atoms with Crippen LogP contribution in [0.15, 0.2) is 265 Å². The second kappa shape index (κ2) is 21.8. The summed E-state index contributed by atoms with van der Waals surface area (Å²) in [4.78, 5) is 0. The molecule has 0 radical (unpaired) electrons. The van der Waals surface area contributed by atoms with Crippen molar-refractivity contribution >= 4 is 115 Å². The van der Waals surface area contributed by atoms with Crippen LogP contribution in [0.1, 0.15) is 93.1 Å². The van der Waals surface area contributed by atoms with Crippen LogP contribution in [0.4, 0.5) is 0 Å². The standard InChI is InChI=1S/4C20H15.C3H6.2CH5Si.4ClH.2Zr/c4*1-14-12-16-8-5-11-19(20(16)13-14)18-10-4-7-15-6-2-3-9-17(15)18;1-3-2;2*1-2;;;;;;/h4*2-13H,1H3;1-3H2;2*2H2,1H3;4*1H;;/q;;;;;;;;;;;2*+2/p-4. The van der Waals surface area contributed by atoms with Gasteiger partial charge in [-0.3, -0.25) is 0 Å². The third-order valence-electron chi connectivity index (χ3n) is 24.1. The summed E-state index contributed by atoms with van der Waals surface area (Å²) in [5.74, 6) is 0. The second-order valence-corrected chi connectivity index (χ2v) is 135. The summed E-state index contributed by atoms with van der Waals surface area (Å²) in [5.41, 5.74) is 25.0. The molecule has 0 heterocycles. The summed E-state index contributed by atoms with van der Waals surface area (Å²) in [7, 11) is 40.1. The topological polar surface area (TPSA) is 0 Å². The summed E-state index contributed by atoms with van der Waals surface area (Å²) in [6.45, 7) is 11.7. The van der Waals surface area contributed by atoms with Gasteiger partial charge in [-0.05, 0) is 0 Å². The summed E-state index contributed by atoms with van der Waals surface area (Å²) in [6, 6.07) is 90.2. The number of fused-ring (bicyclic) bond motifs is 8. The van der Waals surface area contributed by atoms with Gasteiger partial charge in [0.1, 0.15) is 0 Å². The minimum atomic E-state index is -6.34. The van der Waals surface area contributed by atoms with Crippen molar-refractivity contribution in [2.24, 2.45) is 0 Å². The molecule has 0 saturated carbocycles. The number of benzene rings is 12. The molecule has 460 valence electrons. The van der Waals surface area contributed by atoms with Gasteiger partial charge in [-0.2, -0.15) is 0 Å².